The fourth-order valence-electron chi connectivity index (χ4n) is 3.77. The van der Waals surface area contributed by atoms with Crippen molar-refractivity contribution in [2.45, 2.75) is 58.3 Å². The highest BCUT2D eigenvalue weighted by molar-refractivity contribution is 5.91. The van der Waals surface area contributed by atoms with Crippen LogP contribution in [0.25, 0.3) is 10.8 Å². The maximum atomic E-state index is 12.1. The van der Waals surface area contributed by atoms with Gasteiger partial charge in [-0.3, -0.25) is 4.79 Å². The van der Waals surface area contributed by atoms with Crippen molar-refractivity contribution in [3.8, 4) is 11.5 Å². The molecule has 2 unspecified atom stereocenters. The van der Waals surface area contributed by atoms with Crippen LogP contribution in [-0.2, 0) is 20.7 Å². The number of nitrogens with two attached hydrogens (primary N) is 2. The Labute approximate surface area is 250 Å². The van der Waals surface area contributed by atoms with Crippen molar-refractivity contribution in [1.29, 1.82) is 0 Å². The van der Waals surface area contributed by atoms with Gasteiger partial charge in [0, 0.05) is 18.6 Å². The number of halogens is 3. The summed E-state index contributed by atoms with van der Waals surface area (Å²) in [4.78, 5) is 22.8. The molecule has 12 heteroatoms. The first-order chi connectivity index (χ1) is 20.4. The van der Waals surface area contributed by atoms with Crippen molar-refractivity contribution in [2.24, 2.45) is 11.5 Å². The van der Waals surface area contributed by atoms with Gasteiger partial charge in [0.15, 0.2) is 0 Å². The number of aryl methyl sites for hydroxylation is 1. The molecule has 3 aromatic carbocycles. The second kappa shape index (κ2) is 19.5. The number of hydrogen-bond acceptors (Lipinski definition) is 8. The first-order valence-corrected chi connectivity index (χ1v) is 13.9. The lowest BCUT2D eigenvalue weighted by molar-refractivity contribution is -0.189. The van der Waals surface area contributed by atoms with Gasteiger partial charge in [-0.05, 0) is 81.3 Å². The van der Waals surface area contributed by atoms with Crippen LogP contribution in [0.3, 0.4) is 0 Å². The molecule has 3 rings (SSSR count). The first-order valence-electron chi connectivity index (χ1n) is 13.9. The van der Waals surface area contributed by atoms with E-state index in [9.17, 15) is 33.0 Å². The number of ether oxygens (including phenoxy) is 2. The van der Waals surface area contributed by atoms with E-state index in [1.165, 1.54) is 12.1 Å². The summed E-state index contributed by atoms with van der Waals surface area (Å²) in [5.74, 6) is -2.41. The summed E-state index contributed by atoms with van der Waals surface area (Å²) < 4.78 is 45.3. The second-order valence-electron chi connectivity index (χ2n) is 9.39. The summed E-state index contributed by atoms with van der Waals surface area (Å²) in [7, 11) is 0. The predicted octanol–water partition coefficient (Wildman–Crippen LogP) is 4.14. The number of aliphatic hydroxyl groups excluding tert-OH is 1. The van der Waals surface area contributed by atoms with Crippen molar-refractivity contribution in [3.63, 3.8) is 0 Å². The number of aromatic hydroxyl groups is 1. The third kappa shape index (κ3) is 13.9. The van der Waals surface area contributed by atoms with Crippen LogP contribution >= 0.6 is 0 Å². The van der Waals surface area contributed by atoms with E-state index in [1.54, 1.807) is 48.5 Å². The summed E-state index contributed by atoms with van der Waals surface area (Å²) >= 11 is 0. The maximum absolute atomic E-state index is 12.1. The van der Waals surface area contributed by atoms with E-state index in [-0.39, 0.29) is 30.1 Å². The molecule has 0 radical (unpaired) electrons. The maximum Gasteiger partial charge on any atom is 0.491 e. The number of aliphatic hydroxyl groups is 1. The van der Waals surface area contributed by atoms with Crippen LogP contribution in [0.5, 0.6) is 11.5 Å². The minimum absolute atomic E-state index is 0.0922. The molecule has 0 aromatic heterocycles. The lowest BCUT2D eigenvalue weighted by Gasteiger charge is -2.19. The summed E-state index contributed by atoms with van der Waals surface area (Å²) in [6.45, 7) is 7.92. The van der Waals surface area contributed by atoms with Crippen molar-refractivity contribution < 1.29 is 42.4 Å². The number of phenolic OH excluding ortho intramolecular Hbond substituents is 1. The normalized spacial score (nSPS) is 12.2. The Hall–Kier alpha value is -3.71. The van der Waals surface area contributed by atoms with E-state index < -0.39 is 18.2 Å². The third-order valence-corrected chi connectivity index (χ3v) is 6.02. The van der Waals surface area contributed by atoms with Crippen LogP contribution in [-0.4, -0.2) is 66.7 Å². The molecule has 0 saturated heterocycles. The topological polar surface area (TPSA) is 157 Å². The average Bonchev–Trinajstić information content (AvgIpc) is 2.97. The fourth-order valence-corrected chi connectivity index (χ4v) is 3.77. The number of phenols is 1. The molecule has 0 fully saturated rings. The van der Waals surface area contributed by atoms with E-state index >= 15 is 0 Å². The molecule has 238 valence electrons. The van der Waals surface area contributed by atoms with E-state index in [0.29, 0.717) is 30.2 Å². The lowest BCUT2D eigenvalue weighted by Crippen LogP contribution is -2.47. The number of esters is 1. The summed E-state index contributed by atoms with van der Waals surface area (Å²) in [5, 5.41) is 22.5. The molecule has 1 amide bonds. The molecule has 7 N–H and O–H groups in total. The molecule has 0 aliphatic rings. The molecule has 3 aromatic rings. The average molecular weight is 610 g/mol. The van der Waals surface area contributed by atoms with E-state index in [1.807, 2.05) is 20.8 Å². The number of carbonyl (C=O) groups is 2. The van der Waals surface area contributed by atoms with Gasteiger partial charge in [0.2, 0.25) is 5.91 Å². The Balaban J connectivity index is 0.000000377. The summed E-state index contributed by atoms with van der Waals surface area (Å²) in [5.41, 5.74) is 13.1. The number of carbonyl (C=O) groups excluding carboxylic acids is 2. The Morgan fingerprint density at radius 3 is 2.23 bits per heavy atom. The lowest BCUT2D eigenvalue weighted by atomic mass is 10.0. The molecule has 0 bridgehead atoms. The molecule has 9 nitrogen and oxygen atoms in total. The van der Waals surface area contributed by atoms with Gasteiger partial charge in [0.05, 0.1) is 18.7 Å². The number of alkyl halides is 3. The number of fused-ring (bicyclic) bond motifs is 1. The number of benzene rings is 3. The van der Waals surface area contributed by atoms with Crippen LogP contribution in [0.1, 0.15) is 37.8 Å². The Morgan fingerprint density at radius 1 is 1.02 bits per heavy atom. The molecule has 0 aliphatic heterocycles. The van der Waals surface area contributed by atoms with Crippen molar-refractivity contribution in [2.75, 3.05) is 26.4 Å². The highest BCUT2D eigenvalue weighted by atomic mass is 19.4. The zero-order chi connectivity index (χ0) is 32.4. The predicted molar refractivity (Wildman–Crippen MR) is 160 cm³/mol. The number of hydrogen-bond donors (Lipinski definition) is 5. The van der Waals surface area contributed by atoms with Gasteiger partial charge in [0.25, 0.3) is 0 Å². The monoisotopic (exact) mass is 609 g/mol. The van der Waals surface area contributed by atoms with Gasteiger partial charge in [-0.25, -0.2) is 4.79 Å². The van der Waals surface area contributed by atoms with Crippen molar-refractivity contribution >= 4 is 22.6 Å². The smallest absolute Gasteiger partial charge is 0.491 e. The van der Waals surface area contributed by atoms with Crippen LogP contribution < -0.4 is 21.5 Å². The van der Waals surface area contributed by atoms with Gasteiger partial charge in [-0.15, -0.1) is 0 Å². The number of rotatable bonds is 11. The summed E-state index contributed by atoms with van der Waals surface area (Å²) in [6, 6.07) is 15.3. The molecular weight excluding hydrogens is 567 g/mol. The molecule has 43 heavy (non-hydrogen) atoms. The Morgan fingerprint density at radius 2 is 1.67 bits per heavy atom. The van der Waals surface area contributed by atoms with E-state index in [0.717, 1.165) is 30.8 Å². The number of amides is 1. The van der Waals surface area contributed by atoms with Gasteiger partial charge >= 0.3 is 12.1 Å². The minimum atomic E-state index is -4.99. The van der Waals surface area contributed by atoms with Crippen LogP contribution in [0.4, 0.5) is 13.2 Å². The van der Waals surface area contributed by atoms with Gasteiger partial charge in [-0.2, -0.15) is 13.2 Å². The summed E-state index contributed by atoms with van der Waals surface area (Å²) in [6.07, 6.45) is -3.24. The Bertz CT molecular complexity index is 1270. The zero-order valence-electron chi connectivity index (χ0n) is 24.7. The van der Waals surface area contributed by atoms with Gasteiger partial charge in [0.1, 0.15) is 11.5 Å². The van der Waals surface area contributed by atoms with Crippen molar-refractivity contribution in [3.05, 3.63) is 71.8 Å². The van der Waals surface area contributed by atoms with Crippen LogP contribution in [0.15, 0.2) is 60.7 Å². The minimum Gasteiger partial charge on any atom is -0.508 e. The first kappa shape index (κ1) is 37.3. The molecule has 0 heterocycles. The quantitative estimate of drug-likeness (QED) is 0.160. The zero-order valence-corrected chi connectivity index (χ0v) is 24.7. The Kier molecular flexibility index (Phi) is 16.9. The molecule has 2 atom stereocenters. The van der Waals surface area contributed by atoms with E-state index in [2.05, 4.69) is 10.1 Å². The molecule has 0 saturated carbocycles. The van der Waals surface area contributed by atoms with Crippen LogP contribution in [0, 0.1) is 6.92 Å². The SMILES string of the molecule is CCOCC.Cc1cc(O)ccc1CC(N)C(=O)NC(CO)CCCN.O=C(Oc1cccc2ccccc12)C(F)(F)F. The number of nitrogens with one attached hydrogen (secondary N) is 1. The highest BCUT2D eigenvalue weighted by Gasteiger charge is 2.41. The standard InChI is InChI=1S/C15H25N3O3.C12H7F3O2.C4H10O/c1-10-7-13(20)5-4-11(10)8-14(17)15(21)18-12(9-19)3-2-6-16;13-12(14,15)11(16)17-10-7-3-5-8-4-1-2-6-9(8)10;1-3-5-4-2/h4-5,7,12,14,19-20H,2-3,6,8-9,16-17H2,1H3,(H,18,21);1-7H;3-4H2,1-2H3. The highest BCUT2D eigenvalue weighted by Crippen LogP contribution is 2.27. The van der Waals surface area contributed by atoms with E-state index in [4.69, 9.17) is 16.2 Å². The largest absolute Gasteiger partial charge is 0.508 e. The van der Waals surface area contributed by atoms with Crippen molar-refractivity contribution in [1.82, 2.24) is 5.32 Å². The fraction of sp³-hybridized carbons (Fsp3) is 0.419. The molecular formula is C31H42F3N3O6. The molecule has 0 spiro atoms. The molecule has 0 aliphatic carbocycles. The van der Waals surface area contributed by atoms with Crippen LogP contribution in [0.2, 0.25) is 0 Å². The second-order valence-corrected chi connectivity index (χ2v) is 9.39. The van der Waals surface area contributed by atoms with Gasteiger partial charge < -0.3 is 36.5 Å². The third-order valence-electron chi connectivity index (χ3n) is 6.02. The van der Waals surface area contributed by atoms with Gasteiger partial charge in [-0.1, -0.05) is 42.5 Å².